The largest absolute Gasteiger partial charge is 0.388 e. The number of rotatable bonds is 6. The Bertz CT molecular complexity index is 533. The van der Waals surface area contributed by atoms with E-state index in [1.807, 2.05) is 19.2 Å². The summed E-state index contributed by atoms with van der Waals surface area (Å²) in [6.07, 6.45) is 3.48. The number of aromatic nitrogens is 1. The zero-order valence-electron chi connectivity index (χ0n) is 11.5. The summed E-state index contributed by atoms with van der Waals surface area (Å²) in [5, 5.41) is 10.1. The quantitative estimate of drug-likeness (QED) is 0.880. The zero-order valence-corrected chi connectivity index (χ0v) is 11.5. The van der Waals surface area contributed by atoms with Crippen molar-refractivity contribution in [2.75, 3.05) is 13.6 Å². The minimum absolute atomic E-state index is 0.313. The van der Waals surface area contributed by atoms with Gasteiger partial charge in [0, 0.05) is 25.5 Å². The van der Waals surface area contributed by atoms with Crippen LogP contribution in [0, 0.1) is 5.82 Å². The summed E-state index contributed by atoms with van der Waals surface area (Å²) in [6.45, 7) is 1.54. The molecule has 0 spiro atoms. The van der Waals surface area contributed by atoms with E-state index in [0.29, 0.717) is 12.0 Å². The summed E-state index contributed by atoms with van der Waals surface area (Å²) in [5.41, 5.74) is 1.81. The second-order valence-corrected chi connectivity index (χ2v) is 4.95. The third kappa shape index (κ3) is 4.40. The summed E-state index contributed by atoms with van der Waals surface area (Å²) in [5.74, 6) is -0.313. The lowest BCUT2D eigenvalue weighted by atomic mass is 10.1. The van der Waals surface area contributed by atoms with Crippen molar-refractivity contribution < 1.29 is 9.50 Å². The van der Waals surface area contributed by atoms with Gasteiger partial charge in [0.05, 0.1) is 6.10 Å². The van der Waals surface area contributed by atoms with Crippen molar-refractivity contribution in [2.24, 2.45) is 0 Å². The van der Waals surface area contributed by atoms with Crippen LogP contribution in [0.15, 0.2) is 48.8 Å². The maximum atomic E-state index is 13.1. The average molecular weight is 274 g/mol. The van der Waals surface area contributed by atoms with Crippen LogP contribution in [0.1, 0.15) is 23.7 Å². The maximum absolute atomic E-state index is 13.1. The predicted octanol–water partition coefficient (Wildman–Crippen LogP) is 2.78. The van der Waals surface area contributed by atoms with Crippen molar-refractivity contribution in [3.05, 3.63) is 65.7 Å². The number of aliphatic hydroxyl groups is 1. The van der Waals surface area contributed by atoms with Crippen molar-refractivity contribution in [1.29, 1.82) is 0 Å². The van der Waals surface area contributed by atoms with Crippen LogP contribution in [0.25, 0.3) is 0 Å². The molecular weight excluding hydrogens is 255 g/mol. The van der Waals surface area contributed by atoms with E-state index in [4.69, 9.17) is 0 Å². The van der Waals surface area contributed by atoms with Crippen LogP contribution in [-0.2, 0) is 6.54 Å². The van der Waals surface area contributed by atoms with Gasteiger partial charge >= 0.3 is 0 Å². The van der Waals surface area contributed by atoms with Gasteiger partial charge < -0.3 is 10.0 Å². The van der Waals surface area contributed by atoms with E-state index in [0.717, 1.165) is 13.1 Å². The molecule has 0 saturated heterocycles. The molecule has 0 radical (unpaired) electrons. The second kappa shape index (κ2) is 7.12. The Morgan fingerprint density at radius 1 is 1.25 bits per heavy atom. The van der Waals surface area contributed by atoms with Crippen LogP contribution in [0.4, 0.5) is 4.39 Å². The number of aliphatic hydroxyl groups excluding tert-OH is 1. The smallest absolute Gasteiger partial charge is 0.123 e. The van der Waals surface area contributed by atoms with Crippen LogP contribution in [0.5, 0.6) is 0 Å². The van der Waals surface area contributed by atoms with E-state index in [2.05, 4.69) is 9.88 Å². The monoisotopic (exact) mass is 274 g/mol. The van der Waals surface area contributed by atoms with Crippen molar-refractivity contribution in [2.45, 2.75) is 19.1 Å². The predicted molar refractivity (Wildman–Crippen MR) is 76.5 cm³/mol. The van der Waals surface area contributed by atoms with E-state index in [9.17, 15) is 9.50 Å². The fourth-order valence-electron chi connectivity index (χ4n) is 2.10. The number of nitrogens with zero attached hydrogens (tertiary/aromatic N) is 2. The van der Waals surface area contributed by atoms with Crippen molar-refractivity contribution in [3.63, 3.8) is 0 Å². The molecule has 0 bridgehead atoms. The molecular formula is C16H19FN2O. The van der Waals surface area contributed by atoms with Crippen molar-refractivity contribution >= 4 is 0 Å². The molecule has 0 aliphatic heterocycles. The second-order valence-electron chi connectivity index (χ2n) is 4.95. The first-order chi connectivity index (χ1) is 9.65. The lowest BCUT2D eigenvalue weighted by Gasteiger charge is -2.19. The van der Waals surface area contributed by atoms with Gasteiger partial charge in [-0.05, 0) is 48.9 Å². The Labute approximate surface area is 118 Å². The molecule has 0 amide bonds. The molecule has 1 N–H and O–H groups in total. The van der Waals surface area contributed by atoms with E-state index in [1.54, 1.807) is 24.5 Å². The fourth-order valence-corrected chi connectivity index (χ4v) is 2.10. The molecule has 20 heavy (non-hydrogen) atoms. The highest BCUT2D eigenvalue weighted by atomic mass is 19.1. The van der Waals surface area contributed by atoms with Gasteiger partial charge in [-0.1, -0.05) is 12.1 Å². The summed E-state index contributed by atoms with van der Waals surface area (Å²) in [6, 6.07) is 10.1. The Morgan fingerprint density at radius 2 is 2.00 bits per heavy atom. The zero-order chi connectivity index (χ0) is 14.4. The van der Waals surface area contributed by atoms with E-state index < -0.39 is 6.10 Å². The molecule has 1 unspecified atom stereocenters. The van der Waals surface area contributed by atoms with Crippen LogP contribution in [0.3, 0.4) is 0 Å². The van der Waals surface area contributed by atoms with Gasteiger partial charge in [-0.2, -0.15) is 0 Å². The minimum atomic E-state index is -0.634. The van der Waals surface area contributed by atoms with E-state index in [-0.39, 0.29) is 5.82 Å². The van der Waals surface area contributed by atoms with Gasteiger partial charge in [0.1, 0.15) is 5.82 Å². The van der Waals surface area contributed by atoms with Gasteiger partial charge in [-0.25, -0.2) is 4.39 Å². The van der Waals surface area contributed by atoms with Crippen molar-refractivity contribution in [1.82, 2.24) is 9.88 Å². The van der Waals surface area contributed by atoms with E-state index in [1.165, 1.54) is 17.7 Å². The molecule has 1 aromatic carbocycles. The van der Waals surface area contributed by atoms with Gasteiger partial charge in [0.2, 0.25) is 0 Å². The molecule has 1 aromatic heterocycles. The third-order valence-electron chi connectivity index (χ3n) is 3.22. The molecule has 3 nitrogen and oxygen atoms in total. The number of pyridine rings is 1. The average Bonchev–Trinajstić information content (AvgIpc) is 2.46. The number of hydrogen-bond donors (Lipinski definition) is 1. The number of benzene rings is 1. The standard InChI is InChI=1S/C16H19FN2O/c1-19(12-13-5-8-18-9-6-13)10-7-16(20)14-3-2-4-15(17)11-14/h2-6,8-9,11,16,20H,7,10,12H2,1H3. The Morgan fingerprint density at radius 3 is 2.70 bits per heavy atom. The maximum Gasteiger partial charge on any atom is 0.123 e. The molecule has 0 aliphatic rings. The fraction of sp³-hybridized carbons (Fsp3) is 0.312. The lowest BCUT2D eigenvalue weighted by Crippen LogP contribution is -2.21. The number of hydrogen-bond acceptors (Lipinski definition) is 3. The Balaban J connectivity index is 1.82. The highest BCUT2D eigenvalue weighted by Crippen LogP contribution is 2.18. The topological polar surface area (TPSA) is 36.4 Å². The molecule has 4 heteroatoms. The van der Waals surface area contributed by atoms with Crippen LogP contribution in [0.2, 0.25) is 0 Å². The Kier molecular flexibility index (Phi) is 5.21. The first-order valence-electron chi connectivity index (χ1n) is 6.66. The minimum Gasteiger partial charge on any atom is -0.388 e. The molecule has 2 aromatic rings. The summed E-state index contributed by atoms with van der Waals surface area (Å²) in [4.78, 5) is 6.10. The van der Waals surface area contributed by atoms with Gasteiger partial charge in [-0.15, -0.1) is 0 Å². The first-order valence-corrected chi connectivity index (χ1v) is 6.66. The van der Waals surface area contributed by atoms with Gasteiger partial charge in [0.25, 0.3) is 0 Å². The molecule has 2 rings (SSSR count). The normalized spacial score (nSPS) is 12.6. The first kappa shape index (κ1) is 14.6. The lowest BCUT2D eigenvalue weighted by molar-refractivity contribution is 0.147. The summed E-state index contributed by atoms with van der Waals surface area (Å²) in [7, 11) is 2.00. The summed E-state index contributed by atoms with van der Waals surface area (Å²) < 4.78 is 13.1. The molecule has 0 saturated carbocycles. The van der Waals surface area contributed by atoms with Crippen LogP contribution < -0.4 is 0 Å². The van der Waals surface area contributed by atoms with Crippen molar-refractivity contribution in [3.8, 4) is 0 Å². The highest BCUT2D eigenvalue weighted by Gasteiger charge is 2.10. The number of halogens is 1. The molecule has 106 valence electrons. The molecule has 1 heterocycles. The highest BCUT2D eigenvalue weighted by molar-refractivity contribution is 5.18. The molecule has 0 aliphatic carbocycles. The molecule has 0 fully saturated rings. The van der Waals surface area contributed by atoms with Crippen LogP contribution in [-0.4, -0.2) is 28.6 Å². The SMILES string of the molecule is CN(CCC(O)c1cccc(F)c1)Cc1ccncc1. The third-order valence-corrected chi connectivity index (χ3v) is 3.22. The van der Waals surface area contributed by atoms with Gasteiger partial charge in [0.15, 0.2) is 0 Å². The van der Waals surface area contributed by atoms with E-state index >= 15 is 0 Å². The van der Waals surface area contributed by atoms with Gasteiger partial charge in [-0.3, -0.25) is 4.98 Å². The Hall–Kier alpha value is -1.78. The summed E-state index contributed by atoms with van der Waals surface area (Å²) >= 11 is 0. The van der Waals surface area contributed by atoms with Crippen LogP contribution >= 0.6 is 0 Å². The molecule has 1 atom stereocenters.